The molecule has 0 heterocycles. The van der Waals surface area contributed by atoms with Crippen molar-refractivity contribution in [2.75, 3.05) is 18.5 Å². The molecule has 8 heteroatoms. The fourth-order valence-electron chi connectivity index (χ4n) is 2.26. The number of nitrogens with one attached hydrogen (secondary N) is 2. The maximum absolute atomic E-state index is 10.8. The zero-order valence-corrected chi connectivity index (χ0v) is 15.5. The summed E-state index contributed by atoms with van der Waals surface area (Å²) in [6, 6.07) is 11.9. The molecule has 0 bridgehead atoms. The molecule has 0 unspecified atom stereocenters. The minimum Gasteiger partial charge on any atom is -0.490 e. The Labute approximate surface area is 157 Å². The van der Waals surface area contributed by atoms with E-state index >= 15 is 0 Å². The maximum atomic E-state index is 10.8. The standard InChI is InChI=1S/C18H21N3O4S/c1-3-24-16-9-8-13(10-17(16)25-4-2)12-19-18(26)20-14-6-5-7-15(11-14)21(22)23/h5-11H,3-4,12H2,1-2H3,(H2,19,20,26). The van der Waals surface area contributed by atoms with Gasteiger partial charge in [0.05, 0.1) is 18.1 Å². The average Bonchev–Trinajstić information content (AvgIpc) is 2.62. The largest absolute Gasteiger partial charge is 0.490 e. The summed E-state index contributed by atoms with van der Waals surface area (Å²) in [5.41, 5.74) is 1.53. The van der Waals surface area contributed by atoms with Crippen molar-refractivity contribution >= 4 is 28.7 Å². The lowest BCUT2D eigenvalue weighted by atomic mass is 10.2. The average molecular weight is 375 g/mol. The minimum absolute atomic E-state index is 0.00525. The van der Waals surface area contributed by atoms with Crippen LogP contribution in [0.2, 0.25) is 0 Å². The molecular formula is C18H21N3O4S. The van der Waals surface area contributed by atoms with Crippen molar-refractivity contribution in [3.63, 3.8) is 0 Å². The van der Waals surface area contributed by atoms with Gasteiger partial charge in [0.15, 0.2) is 16.6 Å². The Morgan fingerprint density at radius 3 is 2.54 bits per heavy atom. The number of nitro benzene ring substituents is 1. The number of thiocarbonyl (C=S) groups is 1. The molecule has 0 saturated carbocycles. The molecule has 2 aromatic carbocycles. The lowest BCUT2D eigenvalue weighted by Gasteiger charge is -2.14. The zero-order chi connectivity index (χ0) is 18.9. The maximum Gasteiger partial charge on any atom is 0.271 e. The van der Waals surface area contributed by atoms with Crippen LogP contribution in [-0.2, 0) is 6.54 Å². The summed E-state index contributed by atoms with van der Waals surface area (Å²) in [6.45, 7) is 5.42. The van der Waals surface area contributed by atoms with Gasteiger partial charge in [-0.2, -0.15) is 0 Å². The van der Waals surface area contributed by atoms with Crippen molar-refractivity contribution in [1.82, 2.24) is 5.32 Å². The SMILES string of the molecule is CCOc1ccc(CNC(=S)Nc2cccc([N+](=O)[O-])c2)cc1OCC. The smallest absolute Gasteiger partial charge is 0.271 e. The number of rotatable bonds is 8. The summed E-state index contributed by atoms with van der Waals surface area (Å²) < 4.78 is 11.1. The van der Waals surface area contributed by atoms with Gasteiger partial charge in [-0.25, -0.2) is 0 Å². The van der Waals surface area contributed by atoms with Crippen molar-refractivity contribution < 1.29 is 14.4 Å². The molecule has 26 heavy (non-hydrogen) atoms. The first-order valence-electron chi connectivity index (χ1n) is 8.21. The van der Waals surface area contributed by atoms with E-state index in [-0.39, 0.29) is 5.69 Å². The van der Waals surface area contributed by atoms with Crippen LogP contribution < -0.4 is 20.1 Å². The number of hydrogen-bond acceptors (Lipinski definition) is 5. The summed E-state index contributed by atoms with van der Waals surface area (Å²) in [6.07, 6.45) is 0. The highest BCUT2D eigenvalue weighted by Crippen LogP contribution is 2.28. The number of benzene rings is 2. The van der Waals surface area contributed by atoms with E-state index < -0.39 is 4.92 Å². The summed E-state index contributed by atoms with van der Waals surface area (Å²) in [5.74, 6) is 1.39. The van der Waals surface area contributed by atoms with Crippen LogP contribution >= 0.6 is 12.2 Å². The van der Waals surface area contributed by atoms with Gasteiger partial charge < -0.3 is 20.1 Å². The molecule has 2 aromatic rings. The Bertz CT molecular complexity index is 783. The first-order valence-corrected chi connectivity index (χ1v) is 8.62. The number of nitrogens with zero attached hydrogens (tertiary/aromatic N) is 1. The minimum atomic E-state index is -0.448. The van der Waals surface area contributed by atoms with Crippen LogP contribution in [0.25, 0.3) is 0 Å². The fraction of sp³-hybridized carbons (Fsp3) is 0.278. The summed E-state index contributed by atoms with van der Waals surface area (Å²) in [5, 5.41) is 17.2. The number of hydrogen-bond donors (Lipinski definition) is 2. The normalized spacial score (nSPS) is 10.1. The van der Waals surface area contributed by atoms with Crippen molar-refractivity contribution in [1.29, 1.82) is 0 Å². The molecule has 138 valence electrons. The third kappa shape index (κ3) is 5.59. The number of nitro groups is 1. The molecule has 0 fully saturated rings. The van der Waals surface area contributed by atoms with E-state index in [1.807, 2.05) is 32.0 Å². The van der Waals surface area contributed by atoms with Gasteiger partial charge in [0.1, 0.15) is 0 Å². The lowest BCUT2D eigenvalue weighted by molar-refractivity contribution is -0.384. The highest BCUT2D eigenvalue weighted by atomic mass is 32.1. The van der Waals surface area contributed by atoms with Crippen LogP contribution in [0.15, 0.2) is 42.5 Å². The van der Waals surface area contributed by atoms with Crippen LogP contribution in [0.5, 0.6) is 11.5 Å². The second kappa shape index (κ2) is 9.57. The molecule has 0 aromatic heterocycles. The van der Waals surface area contributed by atoms with Gasteiger partial charge in [-0.1, -0.05) is 12.1 Å². The molecule has 0 amide bonds. The van der Waals surface area contributed by atoms with Crippen LogP contribution in [0.3, 0.4) is 0 Å². The summed E-state index contributed by atoms with van der Waals surface area (Å²) in [4.78, 5) is 10.4. The first-order chi connectivity index (χ1) is 12.5. The van der Waals surface area contributed by atoms with Crippen LogP contribution in [-0.4, -0.2) is 23.2 Å². The van der Waals surface area contributed by atoms with Gasteiger partial charge in [0.25, 0.3) is 5.69 Å². The van der Waals surface area contributed by atoms with Crippen molar-refractivity contribution in [2.24, 2.45) is 0 Å². The molecule has 0 radical (unpaired) electrons. The molecule has 0 aliphatic rings. The van der Waals surface area contributed by atoms with Gasteiger partial charge in [0, 0.05) is 24.4 Å². The van der Waals surface area contributed by atoms with Crippen molar-refractivity contribution in [3.05, 3.63) is 58.1 Å². The molecular weight excluding hydrogens is 354 g/mol. The first kappa shape index (κ1) is 19.5. The molecule has 0 saturated heterocycles. The Hall–Kier alpha value is -2.87. The Balaban J connectivity index is 1.97. The Morgan fingerprint density at radius 2 is 1.85 bits per heavy atom. The van der Waals surface area contributed by atoms with E-state index in [9.17, 15) is 10.1 Å². The fourth-order valence-corrected chi connectivity index (χ4v) is 2.45. The predicted octanol–water partition coefficient (Wildman–Crippen LogP) is 3.88. The third-order valence-electron chi connectivity index (χ3n) is 3.38. The Morgan fingerprint density at radius 1 is 1.12 bits per heavy atom. The summed E-state index contributed by atoms with van der Waals surface area (Å²) in [7, 11) is 0. The van der Waals surface area contributed by atoms with E-state index in [1.165, 1.54) is 12.1 Å². The third-order valence-corrected chi connectivity index (χ3v) is 3.62. The molecule has 2 N–H and O–H groups in total. The molecule has 2 rings (SSSR count). The monoisotopic (exact) mass is 375 g/mol. The molecule has 0 atom stereocenters. The topological polar surface area (TPSA) is 85.7 Å². The van der Waals surface area contributed by atoms with Gasteiger partial charge in [-0.3, -0.25) is 10.1 Å². The zero-order valence-electron chi connectivity index (χ0n) is 14.7. The quantitative estimate of drug-likeness (QED) is 0.411. The van der Waals surface area contributed by atoms with Gasteiger partial charge >= 0.3 is 0 Å². The molecule has 0 spiro atoms. The van der Waals surface area contributed by atoms with E-state index in [0.717, 1.165) is 5.56 Å². The van der Waals surface area contributed by atoms with Gasteiger partial charge in [0.2, 0.25) is 0 Å². The summed E-state index contributed by atoms with van der Waals surface area (Å²) >= 11 is 5.25. The second-order valence-corrected chi connectivity index (χ2v) is 5.67. The predicted molar refractivity (Wildman–Crippen MR) is 105 cm³/mol. The molecule has 0 aliphatic carbocycles. The van der Waals surface area contributed by atoms with Crippen LogP contribution in [0.1, 0.15) is 19.4 Å². The van der Waals surface area contributed by atoms with Crippen molar-refractivity contribution in [3.8, 4) is 11.5 Å². The van der Waals surface area contributed by atoms with E-state index in [4.69, 9.17) is 21.7 Å². The van der Waals surface area contributed by atoms with Crippen LogP contribution in [0.4, 0.5) is 11.4 Å². The van der Waals surface area contributed by atoms with E-state index in [2.05, 4.69) is 10.6 Å². The molecule has 7 nitrogen and oxygen atoms in total. The lowest BCUT2D eigenvalue weighted by Crippen LogP contribution is -2.27. The number of anilines is 1. The molecule has 0 aliphatic heterocycles. The second-order valence-electron chi connectivity index (χ2n) is 5.26. The van der Waals surface area contributed by atoms with Gasteiger partial charge in [-0.15, -0.1) is 0 Å². The Kier molecular flexibility index (Phi) is 7.16. The van der Waals surface area contributed by atoms with Crippen LogP contribution in [0, 0.1) is 10.1 Å². The van der Waals surface area contributed by atoms with Gasteiger partial charge in [-0.05, 0) is 49.8 Å². The highest BCUT2D eigenvalue weighted by Gasteiger charge is 2.08. The van der Waals surface area contributed by atoms with E-state index in [1.54, 1.807) is 12.1 Å². The van der Waals surface area contributed by atoms with Crippen molar-refractivity contribution in [2.45, 2.75) is 20.4 Å². The van der Waals surface area contributed by atoms with E-state index in [0.29, 0.717) is 42.1 Å². The number of non-ortho nitro benzene ring substituents is 1. The highest BCUT2D eigenvalue weighted by molar-refractivity contribution is 7.80. The number of ether oxygens (including phenoxy) is 2.